The van der Waals surface area contributed by atoms with E-state index in [9.17, 15) is 4.79 Å². The van der Waals surface area contributed by atoms with Crippen LogP contribution in [0.3, 0.4) is 0 Å². The number of carbonyl (C=O) groups excluding carboxylic acids is 1. The van der Waals surface area contributed by atoms with Crippen molar-refractivity contribution >= 4 is 14.1 Å². The number of ketones is 1. The predicted octanol–water partition coefficient (Wildman–Crippen LogP) is 4.73. The Balaban J connectivity index is 2.07. The van der Waals surface area contributed by atoms with Gasteiger partial charge in [0.15, 0.2) is 14.1 Å². The lowest BCUT2D eigenvalue weighted by Crippen LogP contribution is -2.39. The lowest BCUT2D eigenvalue weighted by atomic mass is 9.70. The average Bonchev–Trinajstić information content (AvgIpc) is 2.62. The maximum absolute atomic E-state index is 13.0. The molecule has 0 amide bonds. The molecule has 0 unspecified atom stereocenters. The van der Waals surface area contributed by atoms with Crippen LogP contribution in [-0.2, 0) is 4.43 Å². The second kappa shape index (κ2) is 4.81. The van der Waals surface area contributed by atoms with Crippen molar-refractivity contribution in [3.63, 3.8) is 0 Å². The van der Waals surface area contributed by atoms with E-state index < -0.39 is 8.32 Å². The van der Waals surface area contributed by atoms with Crippen LogP contribution in [0.25, 0.3) is 0 Å². The van der Waals surface area contributed by atoms with Gasteiger partial charge >= 0.3 is 0 Å². The van der Waals surface area contributed by atoms with Gasteiger partial charge in [0.05, 0.1) is 11.5 Å². The Morgan fingerprint density at radius 2 is 1.75 bits per heavy atom. The fourth-order valence-corrected chi connectivity index (χ4v) is 4.88. The summed E-state index contributed by atoms with van der Waals surface area (Å²) in [4.78, 5) is 13.0. The molecule has 0 bridgehead atoms. The molecule has 1 spiro atoms. The molecule has 0 saturated heterocycles. The van der Waals surface area contributed by atoms with Gasteiger partial charge in [-0.05, 0) is 38.0 Å². The lowest BCUT2D eigenvalue weighted by Gasteiger charge is -2.40. The monoisotopic (exact) mass is 288 g/mol. The van der Waals surface area contributed by atoms with Crippen molar-refractivity contribution in [2.45, 2.75) is 57.8 Å². The Morgan fingerprint density at radius 3 is 2.40 bits per heavy atom. The Labute approximate surface area is 122 Å². The van der Waals surface area contributed by atoms with Crippen LogP contribution in [0.1, 0.15) is 54.1 Å². The van der Waals surface area contributed by atoms with Gasteiger partial charge in [-0.15, -0.1) is 0 Å². The van der Waals surface area contributed by atoms with Gasteiger partial charge in [0.1, 0.15) is 0 Å². The molecule has 2 nitrogen and oxygen atoms in total. The first-order chi connectivity index (χ1) is 9.44. The molecule has 108 valence electrons. The molecule has 3 heteroatoms. The fraction of sp³-hybridized carbons (Fsp3) is 0.588. The normalized spacial score (nSPS) is 24.9. The van der Waals surface area contributed by atoms with Gasteiger partial charge in [-0.25, -0.2) is 0 Å². The Kier molecular flexibility index (Phi) is 3.37. The third kappa shape index (κ3) is 2.17. The minimum Gasteiger partial charge on any atom is -0.410 e. The highest BCUT2D eigenvalue weighted by Crippen LogP contribution is 2.56. The predicted molar refractivity (Wildman–Crippen MR) is 83.5 cm³/mol. The van der Waals surface area contributed by atoms with Crippen LogP contribution in [0.15, 0.2) is 24.3 Å². The van der Waals surface area contributed by atoms with Crippen LogP contribution >= 0.6 is 0 Å². The summed E-state index contributed by atoms with van der Waals surface area (Å²) in [6.45, 7) is 6.65. The molecule has 0 aliphatic heterocycles. The molecule has 0 aromatic heterocycles. The number of Topliss-reactive ketones (excluding diaryl/α,β-unsaturated/α-hetero) is 1. The van der Waals surface area contributed by atoms with Crippen LogP contribution in [0.5, 0.6) is 0 Å². The molecule has 2 aliphatic rings. The third-order valence-electron chi connectivity index (χ3n) is 4.66. The summed E-state index contributed by atoms with van der Waals surface area (Å²) in [7, 11) is -1.68. The van der Waals surface area contributed by atoms with Crippen LogP contribution in [-0.4, -0.2) is 14.1 Å². The van der Waals surface area contributed by atoms with Gasteiger partial charge in [0, 0.05) is 5.56 Å². The van der Waals surface area contributed by atoms with E-state index in [-0.39, 0.29) is 11.5 Å². The summed E-state index contributed by atoms with van der Waals surface area (Å²) in [6.07, 6.45) is 5.56. The lowest BCUT2D eigenvalue weighted by molar-refractivity contribution is 0.0235. The summed E-state index contributed by atoms with van der Waals surface area (Å²) in [5, 5.41) is 0. The smallest absolute Gasteiger partial charge is 0.184 e. The topological polar surface area (TPSA) is 26.3 Å². The maximum Gasteiger partial charge on any atom is 0.184 e. The first-order valence-corrected chi connectivity index (χ1v) is 11.2. The SMILES string of the molecule is C[Si](C)(C)O[C@H]1c2ccccc2C(=O)C12CCCCC2. The molecular weight excluding hydrogens is 264 g/mol. The average molecular weight is 288 g/mol. The summed E-state index contributed by atoms with van der Waals surface area (Å²) in [5.74, 6) is 0.344. The Hall–Kier alpha value is -0.933. The van der Waals surface area contributed by atoms with Crippen molar-refractivity contribution in [3.8, 4) is 0 Å². The Morgan fingerprint density at radius 1 is 1.10 bits per heavy atom. The minimum absolute atomic E-state index is 0.00170. The van der Waals surface area contributed by atoms with Gasteiger partial charge in [-0.3, -0.25) is 4.79 Å². The number of hydrogen-bond acceptors (Lipinski definition) is 2. The highest BCUT2D eigenvalue weighted by Gasteiger charge is 2.54. The fourth-order valence-electron chi connectivity index (χ4n) is 3.82. The first-order valence-electron chi connectivity index (χ1n) is 7.76. The van der Waals surface area contributed by atoms with Gasteiger partial charge < -0.3 is 4.43 Å². The maximum atomic E-state index is 13.0. The van der Waals surface area contributed by atoms with Crippen molar-refractivity contribution < 1.29 is 9.22 Å². The van der Waals surface area contributed by atoms with Crippen LogP contribution in [0, 0.1) is 5.41 Å². The van der Waals surface area contributed by atoms with Gasteiger partial charge in [-0.1, -0.05) is 43.5 Å². The molecule has 0 N–H and O–H groups in total. The molecule has 3 rings (SSSR count). The van der Waals surface area contributed by atoms with Crippen LogP contribution in [0.4, 0.5) is 0 Å². The molecule has 0 radical (unpaired) electrons. The number of hydrogen-bond donors (Lipinski definition) is 0. The molecule has 2 aliphatic carbocycles. The van der Waals surface area contributed by atoms with E-state index >= 15 is 0 Å². The van der Waals surface area contributed by atoms with E-state index in [2.05, 4.69) is 25.7 Å². The van der Waals surface area contributed by atoms with Crippen molar-refractivity contribution in [3.05, 3.63) is 35.4 Å². The zero-order valence-electron chi connectivity index (χ0n) is 12.7. The summed E-state index contributed by atoms with van der Waals surface area (Å²) in [5.41, 5.74) is 1.79. The summed E-state index contributed by atoms with van der Waals surface area (Å²) in [6, 6.07) is 8.10. The van der Waals surface area contributed by atoms with E-state index in [0.717, 1.165) is 36.8 Å². The van der Waals surface area contributed by atoms with Crippen molar-refractivity contribution in [1.29, 1.82) is 0 Å². The highest BCUT2D eigenvalue weighted by atomic mass is 28.4. The second-order valence-electron chi connectivity index (χ2n) is 7.24. The van der Waals surface area contributed by atoms with Crippen molar-refractivity contribution in [1.82, 2.24) is 0 Å². The number of carbonyl (C=O) groups is 1. The van der Waals surface area contributed by atoms with Gasteiger partial charge in [0.25, 0.3) is 0 Å². The van der Waals surface area contributed by atoms with Gasteiger partial charge in [-0.2, -0.15) is 0 Å². The third-order valence-corrected chi connectivity index (χ3v) is 5.60. The highest BCUT2D eigenvalue weighted by molar-refractivity contribution is 6.69. The largest absolute Gasteiger partial charge is 0.410 e. The number of benzene rings is 1. The molecule has 20 heavy (non-hydrogen) atoms. The quantitative estimate of drug-likeness (QED) is 0.736. The van der Waals surface area contributed by atoms with Crippen molar-refractivity contribution in [2.24, 2.45) is 5.41 Å². The summed E-state index contributed by atoms with van der Waals surface area (Å²) < 4.78 is 6.51. The van der Waals surface area contributed by atoms with Crippen molar-refractivity contribution in [2.75, 3.05) is 0 Å². The molecule has 1 fully saturated rings. The molecule has 1 saturated carbocycles. The zero-order chi connectivity index (χ0) is 14.4. The number of fused-ring (bicyclic) bond motifs is 1. The summed E-state index contributed by atoms with van der Waals surface area (Å²) >= 11 is 0. The Bertz CT molecular complexity index is 524. The second-order valence-corrected chi connectivity index (χ2v) is 11.7. The van der Waals surface area contributed by atoms with E-state index in [0.29, 0.717) is 5.78 Å². The molecule has 1 aromatic carbocycles. The molecule has 0 heterocycles. The molecule has 1 atom stereocenters. The molecular formula is C17H24O2Si. The number of rotatable bonds is 2. The van der Waals surface area contributed by atoms with E-state index in [1.165, 1.54) is 6.42 Å². The molecule has 1 aromatic rings. The van der Waals surface area contributed by atoms with Gasteiger partial charge in [0.2, 0.25) is 0 Å². The van der Waals surface area contributed by atoms with E-state index in [1.807, 2.05) is 18.2 Å². The van der Waals surface area contributed by atoms with E-state index in [4.69, 9.17) is 4.43 Å². The zero-order valence-corrected chi connectivity index (χ0v) is 13.7. The first kappa shape index (κ1) is 14.0. The standard InChI is InChI=1S/C17H24O2Si/c1-20(2,3)19-16-14-10-6-5-9-13(14)15(18)17(16)11-7-4-8-12-17/h5-6,9-10,16H,4,7-8,11-12H2,1-3H3/t16-/m0/s1. The van der Waals surface area contributed by atoms with Crippen LogP contribution < -0.4 is 0 Å². The van der Waals surface area contributed by atoms with E-state index in [1.54, 1.807) is 0 Å². The minimum atomic E-state index is -1.68. The van der Waals surface area contributed by atoms with Crippen LogP contribution in [0.2, 0.25) is 19.6 Å².